The molecule has 0 atom stereocenters. The number of sulfonamides is 1. The minimum atomic E-state index is -4.04. The van der Waals surface area contributed by atoms with E-state index in [0.717, 1.165) is 0 Å². The number of hydrogen-bond acceptors (Lipinski definition) is 8. The zero-order valence-electron chi connectivity index (χ0n) is 14.6. The zero-order chi connectivity index (χ0) is 20.4. The maximum atomic E-state index is 12.9. The van der Waals surface area contributed by atoms with E-state index in [1.165, 1.54) is 43.0 Å². The minimum absolute atomic E-state index is 0.0155. The molecule has 1 N–H and O–H groups in total. The maximum Gasteiger partial charge on any atom is 0.309 e. The Kier molecular flexibility index (Phi) is 4.56. The van der Waals surface area contributed by atoms with Crippen LogP contribution in [-0.4, -0.2) is 23.5 Å². The van der Waals surface area contributed by atoms with Crippen molar-refractivity contribution in [1.29, 1.82) is 0 Å². The lowest BCUT2D eigenvalue weighted by Crippen LogP contribution is -2.14. The molecular weight excluding hydrogens is 400 g/mol. The quantitative estimate of drug-likeness (QED) is 0.373. The lowest BCUT2D eigenvalue weighted by molar-refractivity contribution is -0.384. The van der Waals surface area contributed by atoms with Crippen molar-refractivity contribution in [3.8, 4) is 22.4 Å². The number of nitrogens with one attached hydrogen (secondary N) is 1. The molecule has 146 valence electrons. The first kappa shape index (κ1) is 18.4. The number of aromatic nitrogens is 2. The molecule has 0 unspecified atom stereocenters. The molecule has 10 nitrogen and oxygen atoms in total. The van der Waals surface area contributed by atoms with Gasteiger partial charge in [-0.15, -0.1) is 0 Å². The topological polar surface area (TPSA) is 141 Å². The Morgan fingerprint density at radius 3 is 2.62 bits per heavy atom. The van der Waals surface area contributed by atoms with Gasteiger partial charge < -0.3 is 8.94 Å². The van der Waals surface area contributed by atoms with E-state index in [4.69, 9.17) is 8.94 Å². The van der Waals surface area contributed by atoms with E-state index in [1.807, 2.05) is 0 Å². The van der Waals surface area contributed by atoms with Gasteiger partial charge in [-0.1, -0.05) is 35.5 Å². The monoisotopic (exact) mass is 412 g/mol. The number of anilines is 1. The molecule has 0 spiro atoms. The first-order chi connectivity index (χ1) is 13.9. The SMILES string of the molecule is O=[N+]([O-])c1cccc(-c2coc(NS(=O)(=O)c3ccccc3-c3cnoc3)n2)c1. The standard InChI is InChI=1S/C18H12N4O6S/c23-22(24)14-5-3-4-12(8-14)16-11-27-18(20-16)21-29(25,26)17-7-2-1-6-15(17)13-9-19-28-10-13/h1-11H,(H,20,21). The third kappa shape index (κ3) is 3.71. The van der Waals surface area contributed by atoms with Crippen LogP contribution in [0.3, 0.4) is 0 Å². The number of nitrogens with zero attached hydrogens (tertiary/aromatic N) is 3. The molecule has 0 saturated heterocycles. The fourth-order valence-corrected chi connectivity index (χ4v) is 3.85. The van der Waals surface area contributed by atoms with Gasteiger partial charge in [-0.05, 0) is 6.07 Å². The lowest BCUT2D eigenvalue weighted by Gasteiger charge is -2.08. The van der Waals surface area contributed by atoms with Gasteiger partial charge >= 0.3 is 6.01 Å². The summed E-state index contributed by atoms with van der Waals surface area (Å²) in [6, 6.07) is 11.8. The highest BCUT2D eigenvalue weighted by molar-refractivity contribution is 7.92. The number of nitro benzene ring substituents is 1. The van der Waals surface area contributed by atoms with Crippen LogP contribution in [0.15, 0.2) is 81.1 Å². The smallest absolute Gasteiger partial charge is 0.309 e. The number of nitro groups is 1. The second-order valence-corrected chi connectivity index (χ2v) is 7.51. The normalized spacial score (nSPS) is 11.3. The number of oxazole rings is 1. The summed E-state index contributed by atoms with van der Waals surface area (Å²) in [5.41, 5.74) is 1.44. The summed E-state index contributed by atoms with van der Waals surface area (Å²) in [4.78, 5) is 14.4. The van der Waals surface area contributed by atoms with E-state index < -0.39 is 14.9 Å². The molecule has 0 fully saturated rings. The molecule has 4 rings (SSSR count). The zero-order valence-corrected chi connectivity index (χ0v) is 15.4. The van der Waals surface area contributed by atoms with Gasteiger partial charge in [0.1, 0.15) is 18.2 Å². The summed E-state index contributed by atoms with van der Waals surface area (Å²) in [7, 11) is -4.04. The van der Waals surface area contributed by atoms with Crippen LogP contribution >= 0.6 is 0 Å². The minimum Gasteiger partial charge on any atom is -0.431 e. The van der Waals surface area contributed by atoms with Gasteiger partial charge in [0.15, 0.2) is 0 Å². The molecule has 2 aromatic heterocycles. The first-order valence-electron chi connectivity index (χ1n) is 8.16. The average Bonchev–Trinajstić information content (AvgIpc) is 3.40. The molecule has 0 aliphatic carbocycles. The molecule has 0 amide bonds. The van der Waals surface area contributed by atoms with Crippen molar-refractivity contribution in [3.63, 3.8) is 0 Å². The largest absolute Gasteiger partial charge is 0.431 e. The third-order valence-corrected chi connectivity index (χ3v) is 5.38. The van der Waals surface area contributed by atoms with E-state index in [1.54, 1.807) is 24.3 Å². The molecule has 2 heterocycles. The maximum absolute atomic E-state index is 12.9. The molecule has 0 aliphatic heterocycles. The molecule has 0 aliphatic rings. The summed E-state index contributed by atoms with van der Waals surface area (Å²) in [5.74, 6) is 0. The summed E-state index contributed by atoms with van der Waals surface area (Å²) in [6.07, 6.45) is 3.95. The van der Waals surface area contributed by atoms with Gasteiger partial charge in [0.25, 0.3) is 15.7 Å². The van der Waals surface area contributed by atoms with Crippen molar-refractivity contribution in [2.75, 3.05) is 4.72 Å². The molecule has 0 saturated carbocycles. The summed E-state index contributed by atoms with van der Waals surface area (Å²) in [6.45, 7) is 0. The van der Waals surface area contributed by atoms with Crippen LogP contribution in [0.4, 0.5) is 11.7 Å². The fourth-order valence-electron chi connectivity index (χ4n) is 2.68. The highest BCUT2D eigenvalue weighted by Crippen LogP contribution is 2.29. The van der Waals surface area contributed by atoms with E-state index in [9.17, 15) is 18.5 Å². The van der Waals surface area contributed by atoms with Gasteiger partial charge in [-0.25, -0.2) is 13.1 Å². The lowest BCUT2D eigenvalue weighted by atomic mass is 10.1. The van der Waals surface area contributed by atoms with Gasteiger partial charge in [0.2, 0.25) is 0 Å². The van der Waals surface area contributed by atoms with Crippen LogP contribution in [0.25, 0.3) is 22.4 Å². The van der Waals surface area contributed by atoms with E-state index >= 15 is 0 Å². The molecule has 2 aromatic carbocycles. The van der Waals surface area contributed by atoms with E-state index in [0.29, 0.717) is 16.7 Å². The van der Waals surface area contributed by atoms with Crippen molar-refractivity contribution >= 4 is 21.7 Å². The van der Waals surface area contributed by atoms with Gasteiger partial charge in [0.05, 0.1) is 16.0 Å². The van der Waals surface area contributed by atoms with Crippen LogP contribution in [0.5, 0.6) is 0 Å². The number of hydrogen-bond donors (Lipinski definition) is 1. The first-order valence-corrected chi connectivity index (χ1v) is 9.64. The molecule has 11 heteroatoms. The average molecular weight is 412 g/mol. The predicted octanol–water partition coefficient (Wildman–Crippen LogP) is 3.71. The van der Waals surface area contributed by atoms with Crippen molar-refractivity contribution in [1.82, 2.24) is 10.1 Å². The van der Waals surface area contributed by atoms with Crippen LogP contribution < -0.4 is 4.72 Å². The second kappa shape index (κ2) is 7.20. The van der Waals surface area contributed by atoms with Crippen LogP contribution in [-0.2, 0) is 10.0 Å². The Hall–Kier alpha value is -3.99. The van der Waals surface area contributed by atoms with Gasteiger partial charge in [0, 0.05) is 28.8 Å². The van der Waals surface area contributed by atoms with Crippen molar-refractivity contribution < 1.29 is 22.3 Å². The third-order valence-electron chi connectivity index (χ3n) is 4.00. The Morgan fingerprint density at radius 1 is 1.03 bits per heavy atom. The van der Waals surface area contributed by atoms with Gasteiger partial charge in [-0.2, -0.15) is 4.98 Å². The number of benzene rings is 2. The van der Waals surface area contributed by atoms with E-state index in [-0.39, 0.29) is 22.3 Å². The van der Waals surface area contributed by atoms with Crippen molar-refractivity contribution in [2.45, 2.75) is 4.90 Å². The van der Waals surface area contributed by atoms with Crippen molar-refractivity contribution in [3.05, 3.63) is 77.4 Å². The highest BCUT2D eigenvalue weighted by atomic mass is 32.2. The molecule has 4 aromatic rings. The molecule has 0 bridgehead atoms. The van der Waals surface area contributed by atoms with Crippen molar-refractivity contribution in [2.24, 2.45) is 0 Å². The Labute approximate surface area is 164 Å². The molecular formula is C18H12N4O6S. The fraction of sp³-hybridized carbons (Fsp3) is 0. The van der Waals surface area contributed by atoms with Gasteiger partial charge in [-0.3, -0.25) is 10.1 Å². The predicted molar refractivity (Wildman–Crippen MR) is 101 cm³/mol. The van der Waals surface area contributed by atoms with Crippen LogP contribution in [0.2, 0.25) is 0 Å². The number of rotatable bonds is 6. The Morgan fingerprint density at radius 2 is 1.86 bits per heavy atom. The second-order valence-electron chi connectivity index (χ2n) is 5.86. The van der Waals surface area contributed by atoms with Crippen LogP contribution in [0.1, 0.15) is 0 Å². The van der Waals surface area contributed by atoms with E-state index in [2.05, 4.69) is 14.9 Å². The summed E-state index contributed by atoms with van der Waals surface area (Å²) >= 11 is 0. The Bertz CT molecular complexity index is 1280. The highest BCUT2D eigenvalue weighted by Gasteiger charge is 2.22. The molecule has 29 heavy (non-hydrogen) atoms. The Balaban J connectivity index is 1.64. The summed E-state index contributed by atoms with van der Waals surface area (Å²) < 4.78 is 38.0. The molecule has 0 radical (unpaired) electrons. The summed E-state index contributed by atoms with van der Waals surface area (Å²) in [5, 5.41) is 14.5. The van der Waals surface area contributed by atoms with Crippen LogP contribution in [0, 0.1) is 10.1 Å². The number of non-ortho nitro benzene ring substituents is 1.